The van der Waals surface area contributed by atoms with E-state index in [1.54, 1.807) is 0 Å². The summed E-state index contributed by atoms with van der Waals surface area (Å²) in [6, 6.07) is 116. The molecule has 0 amide bonds. The third-order valence-electron chi connectivity index (χ3n) is 20.0. The molecule has 0 aliphatic rings. The second-order valence-corrected chi connectivity index (χ2v) is 29.3. The third kappa shape index (κ3) is 24.3. The molecule has 0 unspecified atom stereocenters. The van der Waals surface area contributed by atoms with E-state index in [-0.39, 0.29) is 0 Å². The molecule has 0 spiro atoms. The maximum absolute atomic E-state index is 2.24. The van der Waals surface area contributed by atoms with Crippen molar-refractivity contribution < 1.29 is 0 Å². The molecule has 0 aromatic heterocycles. The summed E-state index contributed by atoms with van der Waals surface area (Å²) in [5, 5.41) is 19.1. The zero-order valence-electron chi connectivity index (χ0n) is 68.2. The predicted molar refractivity (Wildman–Crippen MR) is 482 cm³/mol. The van der Waals surface area contributed by atoms with Gasteiger partial charge in [-0.15, -0.1) is 0 Å². The van der Waals surface area contributed by atoms with Crippen molar-refractivity contribution in [2.45, 2.75) is 138 Å². The summed E-state index contributed by atoms with van der Waals surface area (Å²) < 4.78 is 0. The third-order valence-corrected chi connectivity index (χ3v) is 20.0. The summed E-state index contributed by atoms with van der Waals surface area (Å²) in [6.07, 6.45) is 0. The van der Waals surface area contributed by atoms with Crippen molar-refractivity contribution in [1.82, 2.24) is 0 Å². The Morgan fingerprint density at radius 3 is 0.889 bits per heavy atom. The van der Waals surface area contributed by atoms with Gasteiger partial charge < -0.3 is 0 Å². The second kappa shape index (κ2) is 40.9. The van der Waals surface area contributed by atoms with Crippen LogP contribution in [-0.4, -0.2) is 0 Å². The smallest absolute Gasteiger partial charge is 0.0125 e. The average molecular weight is 1410 g/mol. The van der Waals surface area contributed by atoms with E-state index in [0.29, 0.717) is 0 Å². The van der Waals surface area contributed by atoms with Crippen LogP contribution in [0.3, 0.4) is 0 Å². The Balaban J connectivity index is 0.000000152. The lowest BCUT2D eigenvalue weighted by atomic mass is 10.0. The van der Waals surface area contributed by atoms with Gasteiger partial charge in [0, 0.05) is 0 Å². The molecule has 0 aliphatic heterocycles. The van der Waals surface area contributed by atoms with Crippen LogP contribution >= 0.6 is 0 Å². The zero-order chi connectivity index (χ0) is 77.8. The molecule has 0 bridgehead atoms. The van der Waals surface area contributed by atoms with Crippen molar-refractivity contribution in [1.29, 1.82) is 0 Å². The molecule has 108 heavy (non-hydrogen) atoms. The van der Waals surface area contributed by atoms with Crippen LogP contribution in [0.4, 0.5) is 0 Å². The highest BCUT2D eigenvalue weighted by Crippen LogP contribution is 2.27. The number of hydrogen-bond donors (Lipinski definition) is 0. The van der Waals surface area contributed by atoms with Gasteiger partial charge in [0.1, 0.15) is 0 Å². The van der Waals surface area contributed by atoms with E-state index in [1.165, 1.54) is 187 Å². The van der Waals surface area contributed by atoms with Gasteiger partial charge in [0.15, 0.2) is 0 Å². The maximum Gasteiger partial charge on any atom is -0.0125 e. The SMILES string of the molecule is Cc1cc(C)c2ccccc2c1.Cc1ccc(C)c2ccccc12.Cc1ccc(C)cc1.Cc1ccc2c(C)cccc2c1.Cc1ccc2cccc(C)c2c1.Cc1ccc2ccccc2c1C.Cc1cccc(C)c1.Cc1cccc2c(C)cccc12.Cc1cccc2cccc(C)c12.Cc1ccccc1C. The van der Waals surface area contributed by atoms with Crippen LogP contribution in [-0.2, 0) is 0 Å². The molecule has 0 heterocycles. The highest BCUT2D eigenvalue weighted by atomic mass is 14.1. The minimum atomic E-state index is 1.33. The topological polar surface area (TPSA) is 0 Å². The number of hydrogen-bond acceptors (Lipinski definition) is 0. The van der Waals surface area contributed by atoms with Crippen molar-refractivity contribution in [2.75, 3.05) is 0 Å². The fourth-order valence-electron chi connectivity index (χ4n) is 13.4. The first-order valence-corrected chi connectivity index (χ1v) is 38.1. The van der Waals surface area contributed by atoms with Gasteiger partial charge in [0.05, 0.1) is 0 Å². The molecule has 17 aromatic rings. The van der Waals surface area contributed by atoms with Crippen LogP contribution in [0.1, 0.15) is 111 Å². The molecule has 0 saturated carbocycles. The van der Waals surface area contributed by atoms with E-state index in [4.69, 9.17) is 0 Å². The molecule has 17 rings (SSSR count). The molecule has 0 radical (unpaired) electrons. The normalized spacial score (nSPS) is 10.2. The summed E-state index contributed by atoms with van der Waals surface area (Å²) in [7, 11) is 0. The zero-order valence-corrected chi connectivity index (χ0v) is 68.2. The predicted octanol–water partition coefficient (Wildman–Crippen LogP) is 31.1. The first-order valence-electron chi connectivity index (χ1n) is 38.1. The maximum atomic E-state index is 2.24. The van der Waals surface area contributed by atoms with E-state index in [9.17, 15) is 0 Å². The van der Waals surface area contributed by atoms with Crippen molar-refractivity contribution in [2.24, 2.45) is 0 Å². The lowest BCUT2D eigenvalue weighted by Gasteiger charge is -2.04. The van der Waals surface area contributed by atoms with E-state index in [0.717, 1.165) is 0 Å². The fraction of sp³-hybridized carbons (Fsp3) is 0.185. The number of benzene rings is 17. The van der Waals surface area contributed by atoms with Crippen molar-refractivity contribution in [3.8, 4) is 0 Å². The van der Waals surface area contributed by atoms with Crippen LogP contribution in [0.5, 0.6) is 0 Å². The molecule has 0 fully saturated rings. The molecular weight excluding hydrogens is 1300 g/mol. The van der Waals surface area contributed by atoms with Crippen LogP contribution < -0.4 is 0 Å². The van der Waals surface area contributed by atoms with Gasteiger partial charge in [0.2, 0.25) is 0 Å². The van der Waals surface area contributed by atoms with Gasteiger partial charge in [-0.3, -0.25) is 0 Å². The minimum absolute atomic E-state index is 1.33. The Hall–Kier alpha value is -11.4. The van der Waals surface area contributed by atoms with Crippen LogP contribution in [0.25, 0.3) is 75.4 Å². The van der Waals surface area contributed by atoms with Crippen LogP contribution in [0, 0.1) is 138 Å². The average Bonchev–Trinajstić information content (AvgIpc) is 0.865. The highest BCUT2D eigenvalue weighted by Gasteiger charge is 2.03. The van der Waals surface area contributed by atoms with Gasteiger partial charge in [0.25, 0.3) is 0 Å². The summed E-state index contributed by atoms with van der Waals surface area (Å²) in [6.45, 7) is 42.8. The lowest BCUT2D eigenvalue weighted by Crippen LogP contribution is -1.82. The Morgan fingerprint density at radius 1 is 0.120 bits per heavy atom. The molecule has 0 N–H and O–H groups in total. The van der Waals surface area contributed by atoms with E-state index in [2.05, 4.69) is 466 Å². The van der Waals surface area contributed by atoms with Gasteiger partial charge in [-0.05, 0) is 286 Å². The summed E-state index contributed by atoms with van der Waals surface area (Å²) in [4.78, 5) is 0. The molecule has 0 nitrogen and oxygen atoms in total. The summed E-state index contributed by atoms with van der Waals surface area (Å²) >= 11 is 0. The molecule has 17 aromatic carbocycles. The van der Waals surface area contributed by atoms with Crippen molar-refractivity contribution in [3.63, 3.8) is 0 Å². The first kappa shape index (κ1) is 82.2. The van der Waals surface area contributed by atoms with Gasteiger partial charge in [-0.25, -0.2) is 0 Å². The molecule has 0 heteroatoms. The van der Waals surface area contributed by atoms with Crippen molar-refractivity contribution in [3.05, 3.63) is 439 Å². The molecule has 0 atom stereocenters. The Labute approximate surface area is 648 Å². The molecule has 0 aliphatic carbocycles. The monoisotopic (exact) mass is 1410 g/mol. The first-order chi connectivity index (χ1) is 51.8. The van der Waals surface area contributed by atoms with Gasteiger partial charge in [-0.1, -0.05) is 367 Å². The van der Waals surface area contributed by atoms with E-state index < -0.39 is 0 Å². The van der Waals surface area contributed by atoms with Crippen LogP contribution in [0.2, 0.25) is 0 Å². The highest BCUT2D eigenvalue weighted by molar-refractivity contribution is 5.92. The number of rotatable bonds is 0. The van der Waals surface area contributed by atoms with Crippen LogP contribution in [0.15, 0.2) is 328 Å². The molecule has 0 saturated heterocycles. The largest absolute Gasteiger partial charge is 0.0620 e. The minimum Gasteiger partial charge on any atom is -0.0620 e. The van der Waals surface area contributed by atoms with E-state index in [1.807, 2.05) is 0 Å². The summed E-state index contributed by atoms with van der Waals surface area (Å²) in [5.41, 5.74) is 27.1. The quantitative estimate of drug-likeness (QED) is 0.142. The Morgan fingerprint density at radius 2 is 0.407 bits per heavy atom. The Bertz CT molecular complexity index is 5460. The Kier molecular flexibility index (Phi) is 31.1. The fourth-order valence-corrected chi connectivity index (χ4v) is 13.4. The molecular formula is C108H114. The second-order valence-electron chi connectivity index (χ2n) is 29.3. The van der Waals surface area contributed by atoms with Gasteiger partial charge in [-0.2, -0.15) is 0 Å². The van der Waals surface area contributed by atoms with Gasteiger partial charge >= 0.3 is 0 Å². The number of aryl methyl sites for hydroxylation is 20. The molecule has 546 valence electrons. The standard InChI is InChI=1S/7C12H12.3C8H10/c1-9-5-3-8-12-10(2)6-4-7-11(9)12;1-9-5-3-7-11-8-4-6-10(2)12(9)11;1-9-6-7-12-10(2)4-3-5-11(12)8-9;1-9-6-7-11-5-3-4-10(2)12(11)8-9;1-9-7-10(2)12-6-4-3-5-11(12)8-9;1-9-7-8-11-5-3-4-6-12(11)10(9)2;1-9-7-8-10(2)12-6-4-3-5-11(9)12;1-7-3-5-8(2)6-4-7;1-7-4-3-5-8(2)6-7;1-7-5-3-4-6-8(7)2/h7*3-8H,1-2H3;3*3-6H,1-2H3. The lowest BCUT2D eigenvalue weighted by molar-refractivity contribution is 1.34. The van der Waals surface area contributed by atoms with E-state index >= 15 is 0 Å². The summed E-state index contributed by atoms with van der Waals surface area (Å²) in [5.74, 6) is 0. The number of fused-ring (bicyclic) bond motifs is 7. The van der Waals surface area contributed by atoms with Crippen molar-refractivity contribution >= 4 is 75.4 Å².